The van der Waals surface area contributed by atoms with Crippen LogP contribution in [0.25, 0.3) is 0 Å². The number of nitrogens with one attached hydrogen (secondary N) is 3. The van der Waals surface area contributed by atoms with Gasteiger partial charge in [-0.25, -0.2) is 0 Å². The van der Waals surface area contributed by atoms with Crippen molar-refractivity contribution in [2.24, 2.45) is 5.92 Å². The van der Waals surface area contributed by atoms with Crippen LogP contribution in [0.3, 0.4) is 0 Å². The van der Waals surface area contributed by atoms with Crippen molar-refractivity contribution in [3.63, 3.8) is 0 Å². The van der Waals surface area contributed by atoms with Gasteiger partial charge >= 0.3 is 6.18 Å². The van der Waals surface area contributed by atoms with Crippen LogP contribution in [0, 0.1) is 17.2 Å². The Hall–Kier alpha value is -3.29. The highest BCUT2D eigenvalue weighted by Gasteiger charge is 2.42. The average molecular weight is 534 g/mol. The third-order valence-electron chi connectivity index (χ3n) is 5.85. The lowest BCUT2D eigenvalue weighted by Crippen LogP contribution is -2.50. The van der Waals surface area contributed by atoms with E-state index in [2.05, 4.69) is 20.9 Å². The number of halogens is 3. The Morgan fingerprint density at radius 3 is 2.21 bits per heavy atom. The van der Waals surface area contributed by atoms with Gasteiger partial charge in [0.05, 0.1) is 25.3 Å². The summed E-state index contributed by atoms with van der Waals surface area (Å²) in [6.07, 6.45) is -4.23. The van der Waals surface area contributed by atoms with Crippen LogP contribution in [0.5, 0.6) is 0 Å². The number of alkyl halides is 3. The minimum Gasteiger partial charge on any atom is -0.383 e. The quantitative estimate of drug-likeness (QED) is 0.357. The molecule has 3 rings (SSSR count). The summed E-state index contributed by atoms with van der Waals surface area (Å²) in [5.74, 6) is -0.389. The van der Waals surface area contributed by atoms with Gasteiger partial charge in [-0.05, 0) is 42.2 Å². The molecule has 1 fully saturated rings. The summed E-state index contributed by atoms with van der Waals surface area (Å²) in [6, 6.07) is 14.5. The third kappa shape index (κ3) is 10.6. The molecule has 0 bridgehead atoms. The van der Waals surface area contributed by atoms with Gasteiger partial charge in [0.15, 0.2) is 0 Å². The largest absolute Gasteiger partial charge is 0.407 e. The van der Waals surface area contributed by atoms with E-state index in [1.54, 1.807) is 24.3 Å². The van der Waals surface area contributed by atoms with E-state index in [1.165, 1.54) is 19.1 Å². The van der Waals surface area contributed by atoms with Gasteiger partial charge in [0, 0.05) is 44.5 Å². The Kier molecular flexibility index (Phi) is 12.9. The SMILES string of the molecule is CC#N.CC(C)CC(NC(c1ccccc1)C(F)(F)F)C(=O)NCCNc1ccc(N2CCOCC2)cc1. The van der Waals surface area contributed by atoms with Crippen molar-refractivity contribution >= 4 is 17.3 Å². The number of nitrogens with zero attached hydrogens (tertiary/aromatic N) is 2. The summed E-state index contributed by atoms with van der Waals surface area (Å²) in [5.41, 5.74) is 2.13. The van der Waals surface area contributed by atoms with Gasteiger partial charge in [-0.2, -0.15) is 18.4 Å². The van der Waals surface area contributed by atoms with Crippen LogP contribution in [0.15, 0.2) is 54.6 Å². The van der Waals surface area contributed by atoms with Gasteiger partial charge in [-0.1, -0.05) is 44.2 Å². The number of hydrogen-bond donors (Lipinski definition) is 3. The fourth-order valence-electron chi connectivity index (χ4n) is 4.08. The maximum atomic E-state index is 13.8. The summed E-state index contributed by atoms with van der Waals surface area (Å²) in [7, 11) is 0. The van der Waals surface area contributed by atoms with E-state index in [1.807, 2.05) is 38.1 Å². The highest BCUT2D eigenvalue weighted by atomic mass is 19.4. The number of nitriles is 1. The number of rotatable bonds is 11. The average Bonchev–Trinajstić information content (AvgIpc) is 2.90. The molecule has 1 heterocycles. The van der Waals surface area contributed by atoms with E-state index in [0.29, 0.717) is 19.5 Å². The molecule has 0 aliphatic carbocycles. The molecule has 0 saturated carbocycles. The van der Waals surface area contributed by atoms with Crippen molar-refractivity contribution in [2.75, 3.05) is 49.6 Å². The molecular weight excluding hydrogens is 495 g/mol. The lowest BCUT2D eigenvalue weighted by atomic mass is 9.99. The molecule has 0 aromatic heterocycles. The molecule has 0 spiro atoms. The van der Waals surface area contributed by atoms with Gasteiger partial charge in [0.2, 0.25) is 5.91 Å². The zero-order chi connectivity index (χ0) is 28.0. The van der Waals surface area contributed by atoms with Crippen LogP contribution in [0.4, 0.5) is 24.5 Å². The zero-order valence-corrected chi connectivity index (χ0v) is 22.2. The second kappa shape index (κ2) is 15.8. The number of carbonyl (C=O) groups excluding carboxylic acids is 1. The lowest BCUT2D eigenvalue weighted by Gasteiger charge is -2.29. The highest BCUT2D eigenvalue weighted by molar-refractivity contribution is 5.81. The van der Waals surface area contributed by atoms with Crippen molar-refractivity contribution in [1.29, 1.82) is 5.26 Å². The molecular formula is C28H38F3N5O2. The fourth-order valence-corrected chi connectivity index (χ4v) is 4.08. The standard InChI is InChI=1S/C26H35F3N4O2.C2H3N/c1-19(2)18-23(32-24(26(27,28)29)20-6-4-3-5-7-20)25(34)31-13-12-30-21-8-10-22(11-9-21)33-14-16-35-17-15-33;1-2-3/h3-11,19,23-24,30,32H,12-18H2,1-2H3,(H,31,34);1H3. The van der Waals surface area contributed by atoms with Crippen molar-refractivity contribution < 1.29 is 22.7 Å². The predicted molar refractivity (Wildman–Crippen MR) is 144 cm³/mol. The zero-order valence-electron chi connectivity index (χ0n) is 22.2. The van der Waals surface area contributed by atoms with E-state index in [9.17, 15) is 18.0 Å². The first-order valence-corrected chi connectivity index (χ1v) is 12.8. The molecule has 1 aliphatic rings. The number of ether oxygens (including phenoxy) is 1. The molecule has 1 aliphatic heterocycles. The van der Waals surface area contributed by atoms with Gasteiger partial charge in [-0.15, -0.1) is 0 Å². The molecule has 2 aromatic carbocycles. The van der Waals surface area contributed by atoms with Crippen LogP contribution >= 0.6 is 0 Å². The van der Waals surface area contributed by atoms with Crippen LogP contribution < -0.4 is 20.9 Å². The van der Waals surface area contributed by atoms with E-state index >= 15 is 0 Å². The molecule has 2 atom stereocenters. The number of hydrogen-bond acceptors (Lipinski definition) is 6. The summed E-state index contributed by atoms with van der Waals surface area (Å²) >= 11 is 0. The number of carbonyl (C=O) groups is 1. The Morgan fingerprint density at radius 1 is 1.05 bits per heavy atom. The molecule has 3 N–H and O–H groups in total. The second-order valence-electron chi connectivity index (χ2n) is 9.32. The molecule has 7 nitrogen and oxygen atoms in total. The molecule has 1 amide bonds. The number of benzene rings is 2. The minimum atomic E-state index is -4.52. The second-order valence-corrected chi connectivity index (χ2v) is 9.32. The van der Waals surface area contributed by atoms with E-state index in [-0.39, 0.29) is 11.5 Å². The van der Waals surface area contributed by atoms with E-state index in [4.69, 9.17) is 10.00 Å². The molecule has 208 valence electrons. The smallest absolute Gasteiger partial charge is 0.383 e. The van der Waals surface area contributed by atoms with Gasteiger partial charge in [0.1, 0.15) is 6.04 Å². The summed E-state index contributed by atoms with van der Waals surface area (Å²) in [6.45, 7) is 9.13. The number of morpholine rings is 1. The Balaban J connectivity index is 0.00000161. The third-order valence-corrected chi connectivity index (χ3v) is 5.85. The molecule has 10 heteroatoms. The maximum absolute atomic E-state index is 13.8. The predicted octanol–water partition coefficient (Wildman–Crippen LogP) is 4.89. The number of anilines is 2. The minimum absolute atomic E-state index is 0.0472. The number of amides is 1. The van der Waals surface area contributed by atoms with Crippen molar-refractivity contribution in [1.82, 2.24) is 10.6 Å². The van der Waals surface area contributed by atoms with Gasteiger partial charge < -0.3 is 20.3 Å². The monoisotopic (exact) mass is 533 g/mol. The van der Waals surface area contributed by atoms with Gasteiger partial charge in [-0.3, -0.25) is 10.1 Å². The van der Waals surface area contributed by atoms with Crippen molar-refractivity contribution in [2.45, 2.75) is 45.5 Å². The molecule has 0 radical (unpaired) electrons. The summed E-state index contributed by atoms with van der Waals surface area (Å²) in [5, 5.41) is 15.9. The summed E-state index contributed by atoms with van der Waals surface area (Å²) < 4.78 is 46.8. The van der Waals surface area contributed by atoms with Crippen LogP contribution in [0.1, 0.15) is 38.8 Å². The Bertz CT molecular complexity index is 988. The maximum Gasteiger partial charge on any atom is 0.407 e. The Labute approximate surface area is 223 Å². The molecule has 2 unspecified atom stereocenters. The van der Waals surface area contributed by atoms with Crippen molar-refractivity contribution in [3.8, 4) is 6.07 Å². The van der Waals surface area contributed by atoms with Crippen LogP contribution in [-0.2, 0) is 9.53 Å². The first-order chi connectivity index (χ1) is 18.2. The molecule has 2 aromatic rings. The van der Waals surface area contributed by atoms with Gasteiger partial charge in [0.25, 0.3) is 0 Å². The topological polar surface area (TPSA) is 89.4 Å². The van der Waals surface area contributed by atoms with Crippen molar-refractivity contribution in [3.05, 3.63) is 60.2 Å². The fraction of sp³-hybridized carbons (Fsp3) is 0.500. The highest BCUT2D eigenvalue weighted by Crippen LogP contribution is 2.33. The normalized spacial score (nSPS) is 15.1. The van der Waals surface area contributed by atoms with E-state index in [0.717, 1.165) is 37.7 Å². The molecule has 1 saturated heterocycles. The summed E-state index contributed by atoms with van der Waals surface area (Å²) in [4.78, 5) is 15.1. The first kappa shape index (κ1) is 30.9. The Morgan fingerprint density at radius 2 is 1.66 bits per heavy atom. The lowest BCUT2D eigenvalue weighted by molar-refractivity contribution is -0.161. The first-order valence-electron chi connectivity index (χ1n) is 12.8. The van der Waals surface area contributed by atoms with E-state index < -0.39 is 24.2 Å². The molecule has 38 heavy (non-hydrogen) atoms. The van der Waals surface area contributed by atoms with Crippen LogP contribution in [-0.4, -0.2) is 57.5 Å². The van der Waals surface area contributed by atoms with Crippen LogP contribution in [0.2, 0.25) is 0 Å².